The Hall–Kier alpha value is -3.55. The van der Waals surface area contributed by atoms with Crippen molar-refractivity contribution in [3.8, 4) is 0 Å². The lowest BCUT2D eigenvalue weighted by atomic mass is 9.80. The number of hydrogen-bond donors (Lipinski definition) is 2. The van der Waals surface area contributed by atoms with Gasteiger partial charge in [0.2, 0.25) is 0 Å². The molecule has 2 aromatic rings. The van der Waals surface area contributed by atoms with Crippen LogP contribution in [0.2, 0.25) is 0 Å². The zero-order valence-electron chi connectivity index (χ0n) is 14.1. The molecule has 0 aliphatic carbocycles. The van der Waals surface area contributed by atoms with Crippen molar-refractivity contribution in [2.45, 2.75) is 19.8 Å². The van der Waals surface area contributed by atoms with Crippen molar-refractivity contribution >= 4 is 17.2 Å². The van der Waals surface area contributed by atoms with Gasteiger partial charge in [-0.3, -0.25) is 10.1 Å². The number of aliphatic carboxylic acids is 1. The van der Waals surface area contributed by atoms with Crippen molar-refractivity contribution in [3.63, 3.8) is 0 Å². The Morgan fingerprint density at radius 3 is 2.50 bits per heavy atom. The van der Waals surface area contributed by atoms with E-state index in [4.69, 9.17) is 0 Å². The van der Waals surface area contributed by atoms with Gasteiger partial charge in [0.1, 0.15) is 0 Å². The highest BCUT2D eigenvalue weighted by molar-refractivity contribution is 5.95. The number of dihydropyridines is 1. The molecule has 1 aliphatic rings. The van der Waals surface area contributed by atoms with Crippen LogP contribution in [0.4, 0.5) is 5.69 Å². The highest BCUT2D eigenvalue weighted by atomic mass is 16.6. The first-order chi connectivity index (χ1) is 12.4. The SMILES string of the molecule is CC1=C(C(=O)O)C(c2cccc([N+](=O)[O-])c2)C(c2ncccn2)=C(C)N1. The third-order valence-corrected chi connectivity index (χ3v) is 4.21. The number of carboxylic acids is 1. The van der Waals surface area contributed by atoms with Crippen LogP contribution < -0.4 is 5.32 Å². The summed E-state index contributed by atoms with van der Waals surface area (Å²) in [5.74, 6) is -1.45. The average molecular weight is 352 g/mol. The van der Waals surface area contributed by atoms with Gasteiger partial charge in [-0.1, -0.05) is 12.1 Å². The van der Waals surface area contributed by atoms with Gasteiger partial charge >= 0.3 is 5.97 Å². The number of non-ortho nitro benzene ring substituents is 1. The van der Waals surface area contributed by atoms with Crippen LogP contribution in [0.25, 0.3) is 5.57 Å². The maximum Gasteiger partial charge on any atom is 0.334 e. The molecular formula is C18H16N4O4. The van der Waals surface area contributed by atoms with E-state index >= 15 is 0 Å². The molecule has 0 saturated carbocycles. The molecule has 0 bridgehead atoms. The van der Waals surface area contributed by atoms with Crippen LogP contribution in [0.15, 0.2) is 59.7 Å². The van der Waals surface area contributed by atoms with Crippen molar-refractivity contribution in [2.75, 3.05) is 0 Å². The van der Waals surface area contributed by atoms with Crippen molar-refractivity contribution in [1.82, 2.24) is 15.3 Å². The van der Waals surface area contributed by atoms with E-state index in [-0.39, 0.29) is 11.3 Å². The molecule has 0 amide bonds. The third kappa shape index (κ3) is 3.04. The van der Waals surface area contributed by atoms with Crippen LogP contribution in [-0.2, 0) is 4.79 Å². The van der Waals surface area contributed by atoms with Gasteiger partial charge in [-0.2, -0.15) is 0 Å². The summed E-state index contributed by atoms with van der Waals surface area (Å²) >= 11 is 0. The molecule has 2 heterocycles. The van der Waals surface area contributed by atoms with Gasteiger partial charge in [-0.05, 0) is 25.5 Å². The van der Waals surface area contributed by atoms with Crippen LogP contribution in [0.1, 0.15) is 31.2 Å². The molecule has 1 aromatic heterocycles. The average Bonchev–Trinajstić information content (AvgIpc) is 2.61. The van der Waals surface area contributed by atoms with Crippen LogP contribution in [0, 0.1) is 10.1 Å². The summed E-state index contributed by atoms with van der Waals surface area (Å²) in [6, 6.07) is 7.65. The minimum absolute atomic E-state index is 0.102. The number of allylic oxidation sites excluding steroid dienone is 3. The predicted octanol–water partition coefficient (Wildman–Crippen LogP) is 2.86. The van der Waals surface area contributed by atoms with E-state index in [1.54, 1.807) is 44.4 Å². The second-order valence-corrected chi connectivity index (χ2v) is 5.87. The van der Waals surface area contributed by atoms with E-state index in [0.717, 1.165) is 0 Å². The third-order valence-electron chi connectivity index (χ3n) is 4.21. The maximum absolute atomic E-state index is 12.0. The molecule has 0 fully saturated rings. The van der Waals surface area contributed by atoms with Gasteiger partial charge in [-0.15, -0.1) is 0 Å². The molecule has 2 N–H and O–H groups in total. The molecule has 3 rings (SSSR count). The van der Waals surface area contributed by atoms with Crippen molar-refractivity contribution in [2.24, 2.45) is 0 Å². The molecule has 1 aliphatic heterocycles. The summed E-state index contributed by atoms with van der Waals surface area (Å²) < 4.78 is 0. The Morgan fingerprint density at radius 2 is 1.88 bits per heavy atom. The van der Waals surface area contributed by atoms with E-state index < -0.39 is 16.8 Å². The number of nitrogens with one attached hydrogen (secondary N) is 1. The molecule has 132 valence electrons. The van der Waals surface area contributed by atoms with Gasteiger partial charge < -0.3 is 10.4 Å². The highest BCUT2D eigenvalue weighted by Gasteiger charge is 2.35. The molecule has 8 heteroatoms. The molecule has 1 aromatic carbocycles. The lowest BCUT2D eigenvalue weighted by molar-refractivity contribution is -0.384. The maximum atomic E-state index is 12.0. The number of carbonyl (C=O) groups is 1. The molecule has 26 heavy (non-hydrogen) atoms. The van der Waals surface area contributed by atoms with Crippen LogP contribution >= 0.6 is 0 Å². The van der Waals surface area contributed by atoms with Crippen molar-refractivity contribution < 1.29 is 14.8 Å². The summed E-state index contributed by atoms with van der Waals surface area (Å²) in [5.41, 5.74) is 2.27. The van der Waals surface area contributed by atoms with Crippen LogP contribution in [-0.4, -0.2) is 26.0 Å². The van der Waals surface area contributed by atoms with Crippen LogP contribution in [0.5, 0.6) is 0 Å². The molecule has 0 saturated heterocycles. The number of carboxylic acid groups (broad SMARTS) is 1. The second-order valence-electron chi connectivity index (χ2n) is 5.87. The Balaban J connectivity index is 2.26. The molecular weight excluding hydrogens is 336 g/mol. The number of rotatable bonds is 4. The summed E-state index contributed by atoms with van der Waals surface area (Å²) in [5, 5.41) is 24.0. The largest absolute Gasteiger partial charge is 0.478 e. The first-order valence-corrected chi connectivity index (χ1v) is 7.83. The fourth-order valence-corrected chi connectivity index (χ4v) is 3.16. The molecule has 0 radical (unpaired) electrons. The Labute approximate surface area is 149 Å². The second kappa shape index (κ2) is 6.75. The van der Waals surface area contributed by atoms with Gasteiger partial charge in [0.15, 0.2) is 5.82 Å². The van der Waals surface area contributed by atoms with Gasteiger partial charge in [0, 0.05) is 47.4 Å². The molecule has 1 atom stereocenters. The number of nitro benzene ring substituents is 1. The smallest absolute Gasteiger partial charge is 0.334 e. The van der Waals surface area contributed by atoms with E-state index in [0.29, 0.717) is 28.4 Å². The van der Waals surface area contributed by atoms with Gasteiger partial charge in [0.25, 0.3) is 5.69 Å². The monoisotopic (exact) mass is 352 g/mol. The van der Waals surface area contributed by atoms with E-state index in [9.17, 15) is 20.0 Å². The summed E-state index contributed by atoms with van der Waals surface area (Å²) in [7, 11) is 0. The minimum atomic E-state index is -1.10. The lowest BCUT2D eigenvalue weighted by Gasteiger charge is -2.30. The van der Waals surface area contributed by atoms with Gasteiger partial charge in [0.05, 0.1) is 10.5 Å². The normalized spacial score (nSPS) is 17.1. The van der Waals surface area contributed by atoms with Crippen molar-refractivity contribution in [1.29, 1.82) is 0 Å². The predicted molar refractivity (Wildman–Crippen MR) is 93.9 cm³/mol. The van der Waals surface area contributed by atoms with Gasteiger partial charge in [-0.25, -0.2) is 14.8 Å². The molecule has 8 nitrogen and oxygen atoms in total. The quantitative estimate of drug-likeness (QED) is 0.641. The first kappa shape index (κ1) is 17.3. The number of hydrogen-bond acceptors (Lipinski definition) is 6. The zero-order valence-corrected chi connectivity index (χ0v) is 14.1. The standard InChI is InChI=1S/C18H16N4O4/c1-10-14(17-19-7-4-8-20-17)16(15(18(23)24)11(2)21-10)12-5-3-6-13(9-12)22(25)26/h3-9,16,21H,1-2H3,(H,23,24). The lowest BCUT2D eigenvalue weighted by Crippen LogP contribution is -2.28. The zero-order chi connectivity index (χ0) is 18.8. The van der Waals surface area contributed by atoms with Crippen molar-refractivity contribution in [3.05, 3.63) is 81.2 Å². The Bertz CT molecular complexity index is 951. The fourth-order valence-electron chi connectivity index (χ4n) is 3.16. The topological polar surface area (TPSA) is 118 Å². The first-order valence-electron chi connectivity index (χ1n) is 7.83. The minimum Gasteiger partial charge on any atom is -0.478 e. The number of nitro groups is 1. The molecule has 0 spiro atoms. The summed E-state index contributed by atoms with van der Waals surface area (Å²) in [6.07, 6.45) is 3.14. The van der Waals surface area contributed by atoms with E-state index in [1.165, 1.54) is 12.1 Å². The molecule has 1 unspecified atom stereocenters. The summed E-state index contributed by atoms with van der Waals surface area (Å²) in [6.45, 7) is 3.47. The van der Waals surface area contributed by atoms with E-state index in [2.05, 4.69) is 15.3 Å². The highest BCUT2D eigenvalue weighted by Crippen LogP contribution is 2.42. The fraction of sp³-hybridized carbons (Fsp3) is 0.167. The Morgan fingerprint density at radius 1 is 1.19 bits per heavy atom. The Kier molecular flexibility index (Phi) is 4.49. The number of benzene rings is 1. The number of nitrogens with zero attached hydrogens (tertiary/aromatic N) is 3. The summed E-state index contributed by atoms with van der Waals surface area (Å²) in [4.78, 5) is 31.1. The van der Waals surface area contributed by atoms with E-state index in [1.807, 2.05) is 0 Å². The number of aromatic nitrogens is 2. The van der Waals surface area contributed by atoms with Crippen LogP contribution in [0.3, 0.4) is 0 Å².